The van der Waals surface area contributed by atoms with Crippen LogP contribution in [0.2, 0.25) is 0 Å². The van der Waals surface area contributed by atoms with Crippen LogP contribution >= 0.6 is 47.1 Å². The van der Waals surface area contributed by atoms with Crippen molar-refractivity contribution in [2.75, 3.05) is 49.9 Å². The van der Waals surface area contributed by atoms with Gasteiger partial charge in [0.15, 0.2) is 11.1 Å². The van der Waals surface area contributed by atoms with E-state index in [1.807, 2.05) is 0 Å². The number of aliphatic imine (C=N–C) groups is 1. The smallest absolute Gasteiger partial charge is 0.193 e. The summed E-state index contributed by atoms with van der Waals surface area (Å²) in [6.07, 6.45) is 3.52. The van der Waals surface area contributed by atoms with E-state index < -0.39 is 0 Å². The summed E-state index contributed by atoms with van der Waals surface area (Å²) in [4.78, 5) is 14.5. The van der Waals surface area contributed by atoms with E-state index in [1.54, 1.807) is 11.3 Å². The van der Waals surface area contributed by atoms with E-state index in [0.29, 0.717) is 4.75 Å². The molecule has 3 heterocycles. The highest BCUT2D eigenvalue weighted by molar-refractivity contribution is 14.0. The van der Waals surface area contributed by atoms with Gasteiger partial charge in [-0.15, -0.1) is 35.3 Å². The van der Waals surface area contributed by atoms with E-state index in [4.69, 9.17) is 9.98 Å². The topological polar surface area (TPSA) is 43.8 Å². The number of thioether (sulfide) groups is 1. The zero-order valence-corrected chi connectivity index (χ0v) is 20.1. The minimum atomic E-state index is 0. The molecule has 5 nitrogen and oxygen atoms in total. The number of hydrogen-bond donors (Lipinski definition) is 1. The summed E-state index contributed by atoms with van der Waals surface area (Å²) in [5.41, 5.74) is 1.18. The second-order valence-corrected chi connectivity index (χ2v) is 9.97. The quantitative estimate of drug-likeness (QED) is 0.373. The van der Waals surface area contributed by atoms with Gasteiger partial charge >= 0.3 is 0 Å². The maximum absolute atomic E-state index is 4.88. The second-order valence-electron chi connectivity index (χ2n) is 7.33. The Morgan fingerprint density at radius 3 is 2.77 bits per heavy atom. The van der Waals surface area contributed by atoms with E-state index in [1.165, 1.54) is 42.5 Å². The van der Waals surface area contributed by atoms with Crippen molar-refractivity contribution in [1.29, 1.82) is 0 Å². The molecule has 0 aliphatic carbocycles. The predicted octanol–water partition coefficient (Wildman–Crippen LogP) is 3.70. The van der Waals surface area contributed by atoms with Crippen molar-refractivity contribution >= 4 is 58.2 Å². The van der Waals surface area contributed by atoms with Crippen LogP contribution in [0, 0.1) is 0 Å². The summed E-state index contributed by atoms with van der Waals surface area (Å²) in [7, 11) is 0. The first-order valence-corrected chi connectivity index (χ1v) is 11.3. The molecule has 26 heavy (non-hydrogen) atoms. The van der Waals surface area contributed by atoms with Gasteiger partial charge in [-0.05, 0) is 33.6 Å². The summed E-state index contributed by atoms with van der Waals surface area (Å²) in [6.45, 7) is 13.0. The van der Waals surface area contributed by atoms with E-state index in [-0.39, 0.29) is 24.0 Å². The molecule has 0 bridgehead atoms. The van der Waals surface area contributed by atoms with Crippen LogP contribution < -0.4 is 10.2 Å². The molecule has 8 heteroatoms. The van der Waals surface area contributed by atoms with Gasteiger partial charge in [0.05, 0.1) is 5.69 Å². The molecule has 0 atom stereocenters. The molecule has 0 aromatic carbocycles. The SMILES string of the molecule is CCNC(=NCCc1csc(N2CCCC2)n1)N1CCSC(C)(C)C1.I. The normalized spacial score (nSPS) is 20.2. The van der Waals surface area contributed by atoms with Gasteiger partial charge in [-0.1, -0.05) is 0 Å². The monoisotopic (exact) mass is 509 g/mol. The molecule has 1 N–H and O–H groups in total. The van der Waals surface area contributed by atoms with Gasteiger partial charge in [0.2, 0.25) is 0 Å². The molecule has 2 aliphatic heterocycles. The summed E-state index contributed by atoms with van der Waals surface area (Å²) in [5, 5.41) is 6.86. The van der Waals surface area contributed by atoms with Gasteiger partial charge in [-0.3, -0.25) is 4.99 Å². The average Bonchev–Trinajstić information content (AvgIpc) is 3.24. The number of guanidine groups is 1. The van der Waals surface area contributed by atoms with Crippen molar-refractivity contribution < 1.29 is 0 Å². The Kier molecular flexibility index (Phi) is 8.79. The minimum Gasteiger partial charge on any atom is -0.357 e. The fourth-order valence-electron chi connectivity index (χ4n) is 3.36. The molecule has 3 rings (SSSR count). The van der Waals surface area contributed by atoms with Crippen LogP contribution in [0.1, 0.15) is 39.3 Å². The van der Waals surface area contributed by atoms with Gasteiger partial charge in [-0.25, -0.2) is 4.98 Å². The third-order valence-corrected chi connectivity index (χ3v) is 6.85. The second kappa shape index (κ2) is 10.4. The zero-order valence-electron chi connectivity index (χ0n) is 16.2. The van der Waals surface area contributed by atoms with E-state index in [2.05, 4.69) is 53.0 Å². The molecule has 0 unspecified atom stereocenters. The molecule has 1 aromatic rings. The first kappa shape index (κ1) is 22.1. The molecule has 0 spiro atoms. The van der Waals surface area contributed by atoms with Crippen LogP contribution in [0.3, 0.4) is 0 Å². The Morgan fingerprint density at radius 2 is 2.08 bits per heavy atom. The molecule has 2 aliphatic rings. The van der Waals surface area contributed by atoms with Crippen molar-refractivity contribution in [3.8, 4) is 0 Å². The Bertz CT molecular complexity index is 584. The van der Waals surface area contributed by atoms with E-state index in [0.717, 1.165) is 38.6 Å². The summed E-state index contributed by atoms with van der Waals surface area (Å²) in [6, 6.07) is 0. The number of anilines is 1. The maximum Gasteiger partial charge on any atom is 0.193 e. The third kappa shape index (κ3) is 6.15. The van der Waals surface area contributed by atoms with Crippen LogP contribution in [0.4, 0.5) is 5.13 Å². The molecule has 1 aromatic heterocycles. The van der Waals surface area contributed by atoms with Crippen LogP contribution in [0.5, 0.6) is 0 Å². The summed E-state index contributed by atoms with van der Waals surface area (Å²) >= 11 is 3.84. The predicted molar refractivity (Wildman–Crippen MR) is 127 cm³/mol. The lowest BCUT2D eigenvalue weighted by Gasteiger charge is -2.39. The molecular weight excluding hydrogens is 477 g/mol. The van der Waals surface area contributed by atoms with Gasteiger partial charge in [0.25, 0.3) is 0 Å². The number of nitrogens with zero attached hydrogens (tertiary/aromatic N) is 4. The Labute approximate surface area is 183 Å². The molecule has 0 amide bonds. The fraction of sp³-hybridized carbons (Fsp3) is 0.778. The number of thiazole rings is 1. The van der Waals surface area contributed by atoms with Gasteiger partial charge in [0.1, 0.15) is 0 Å². The summed E-state index contributed by atoms with van der Waals surface area (Å²) in [5.74, 6) is 2.23. The average molecular weight is 510 g/mol. The van der Waals surface area contributed by atoms with Gasteiger partial charge in [0, 0.05) is 61.6 Å². The lowest BCUT2D eigenvalue weighted by atomic mass is 10.2. The van der Waals surface area contributed by atoms with Crippen LogP contribution in [-0.4, -0.2) is 65.6 Å². The molecule has 0 radical (unpaired) electrons. The molecule has 2 saturated heterocycles. The maximum atomic E-state index is 4.88. The van der Waals surface area contributed by atoms with Crippen molar-refractivity contribution in [3.05, 3.63) is 11.1 Å². The van der Waals surface area contributed by atoms with Crippen molar-refractivity contribution in [2.24, 2.45) is 4.99 Å². The van der Waals surface area contributed by atoms with E-state index >= 15 is 0 Å². The third-order valence-electron chi connectivity index (χ3n) is 4.61. The number of nitrogens with one attached hydrogen (secondary N) is 1. The molecule has 0 saturated carbocycles. The lowest BCUT2D eigenvalue weighted by Crippen LogP contribution is -2.51. The van der Waals surface area contributed by atoms with Crippen molar-refractivity contribution in [2.45, 2.75) is 44.8 Å². The first-order valence-electron chi connectivity index (χ1n) is 9.44. The highest BCUT2D eigenvalue weighted by atomic mass is 127. The molecule has 2 fully saturated rings. The Balaban J connectivity index is 0.00000243. The summed E-state index contributed by atoms with van der Waals surface area (Å²) < 4.78 is 0.300. The van der Waals surface area contributed by atoms with E-state index in [9.17, 15) is 0 Å². The minimum absolute atomic E-state index is 0. The van der Waals surface area contributed by atoms with Crippen LogP contribution in [0.25, 0.3) is 0 Å². The first-order chi connectivity index (χ1) is 12.1. The molecule has 148 valence electrons. The zero-order chi connectivity index (χ0) is 17.7. The number of hydrogen-bond acceptors (Lipinski definition) is 5. The number of rotatable bonds is 5. The van der Waals surface area contributed by atoms with Gasteiger partial charge in [-0.2, -0.15) is 11.8 Å². The Morgan fingerprint density at radius 1 is 1.31 bits per heavy atom. The molecular formula is C18H32IN5S2. The Hall–Kier alpha value is -0.220. The van der Waals surface area contributed by atoms with Crippen LogP contribution in [-0.2, 0) is 6.42 Å². The van der Waals surface area contributed by atoms with Gasteiger partial charge < -0.3 is 15.1 Å². The lowest BCUT2D eigenvalue weighted by molar-refractivity contribution is 0.376. The largest absolute Gasteiger partial charge is 0.357 e. The van der Waals surface area contributed by atoms with Crippen molar-refractivity contribution in [1.82, 2.24) is 15.2 Å². The number of aromatic nitrogens is 1. The highest BCUT2D eigenvalue weighted by Crippen LogP contribution is 2.29. The standard InChI is InChI=1S/C18H31N5S2.HI/c1-4-19-16(23-11-12-25-18(2,3)14-23)20-8-7-15-13-24-17(21-15)22-9-5-6-10-22;/h13H,4-12,14H2,1-3H3,(H,19,20);1H. The number of halogens is 1. The highest BCUT2D eigenvalue weighted by Gasteiger charge is 2.28. The fourth-order valence-corrected chi connectivity index (χ4v) is 5.39. The van der Waals surface area contributed by atoms with Crippen LogP contribution in [0.15, 0.2) is 10.4 Å². The van der Waals surface area contributed by atoms with Crippen molar-refractivity contribution in [3.63, 3.8) is 0 Å².